The summed E-state index contributed by atoms with van der Waals surface area (Å²) in [4.78, 5) is 19.6. The number of carbonyl (C=O) groups excluding carboxylic acids is 1. The zero-order valence-corrected chi connectivity index (χ0v) is 17.5. The molecule has 0 unspecified atom stereocenters. The number of halogens is 2. The van der Waals surface area contributed by atoms with Crippen molar-refractivity contribution in [2.75, 3.05) is 18.8 Å². The van der Waals surface area contributed by atoms with Gasteiger partial charge in [-0.3, -0.25) is 4.79 Å². The fourth-order valence-corrected chi connectivity index (χ4v) is 4.57. The van der Waals surface area contributed by atoms with Crippen molar-refractivity contribution >= 4 is 58.0 Å². The second-order valence-electron chi connectivity index (χ2n) is 6.66. The zero-order valence-electron chi connectivity index (χ0n) is 15.1. The van der Waals surface area contributed by atoms with E-state index in [4.69, 9.17) is 10.7 Å². The number of carbonyl (C=O) groups is 1. The van der Waals surface area contributed by atoms with Crippen LogP contribution < -0.4 is 5.73 Å². The van der Waals surface area contributed by atoms with Crippen molar-refractivity contribution in [1.82, 2.24) is 9.88 Å². The van der Waals surface area contributed by atoms with Gasteiger partial charge in [0.15, 0.2) is 0 Å². The van der Waals surface area contributed by atoms with E-state index in [-0.39, 0.29) is 30.7 Å². The Morgan fingerprint density at radius 1 is 1.15 bits per heavy atom. The molecule has 2 heterocycles. The molecule has 1 aliphatic rings. The number of aryl methyl sites for hydroxylation is 1. The zero-order chi connectivity index (χ0) is 17.4. The molecule has 4 nitrogen and oxygen atoms in total. The highest BCUT2D eigenvalue weighted by Gasteiger charge is 2.27. The van der Waals surface area contributed by atoms with Gasteiger partial charge in [-0.1, -0.05) is 18.2 Å². The lowest BCUT2D eigenvalue weighted by Gasteiger charge is -2.31. The largest absolute Gasteiger partial charge is 0.399 e. The average Bonchev–Trinajstić information content (AvgIpc) is 3.07. The molecule has 0 aliphatic carbocycles. The van der Waals surface area contributed by atoms with E-state index in [0.29, 0.717) is 11.6 Å². The Morgan fingerprint density at radius 3 is 2.56 bits per heavy atom. The van der Waals surface area contributed by atoms with Crippen molar-refractivity contribution in [3.8, 4) is 0 Å². The number of likely N-dealkylation sites (tertiary alicyclic amines) is 1. The first-order valence-corrected chi connectivity index (χ1v) is 9.44. The summed E-state index contributed by atoms with van der Waals surface area (Å²) < 4.78 is 1.24. The van der Waals surface area contributed by atoms with Crippen molar-refractivity contribution < 1.29 is 4.79 Å². The minimum Gasteiger partial charge on any atom is -0.399 e. The summed E-state index contributed by atoms with van der Waals surface area (Å²) in [5, 5.41) is 1.20. The molecule has 0 saturated carbocycles. The Hall–Kier alpha value is -1.82. The van der Waals surface area contributed by atoms with Crippen LogP contribution >= 0.6 is 36.2 Å². The third kappa shape index (κ3) is 4.37. The first-order valence-electron chi connectivity index (χ1n) is 8.62. The molecule has 2 N–H and O–H groups in total. The molecule has 2 aromatic carbocycles. The second-order valence-corrected chi connectivity index (χ2v) is 7.72. The van der Waals surface area contributed by atoms with Crippen LogP contribution in [-0.4, -0.2) is 28.9 Å². The van der Waals surface area contributed by atoms with Gasteiger partial charge < -0.3 is 10.6 Å². The van der Waals surface area contributed by atoms with Crippen LogP contribution in [-0.2, 0) is 0 Å². The number of fused-ring (bicyclic) bond motifs is 1. The number of anilines is 1. The SMILES string of the molecule is Cc1ccc(N)cc1C(=O)N1CCC(c2nc3ccccc3s2)CC1.Cl.Cl. The van der Waals surface area contributed by atoms with Crippen LogP contribution in [0.1, 0.15) is 39.7 Å². The van der Waals surface area contributed by atoms with Crippen molar-refractivity contribution in [1.29, 1.82) is 0 Å². The van der Waals surface area contributed by atoms with Gasteiger partial charge in [0.2, 0.25) is 0 Å². The smallest absolute Gasteiger partial charge is 0.254 e. The molecular formula is C20H23Cl2N3OS. The van der Waals surface area contributed by atoms with Crippen molar-refractivity contribution in [2.24, 2.45) is 0 Å². The second kappa shape index (κ2) is 8.91. The van der Waals surface area contributed by atoms with E-state index < -0.39 is 0 Å². The van der Waals surface area contributed by atoms with Gasteiger partial charge in [0.05, 0.1) is 15.2 Å². The number of nitrogen functional groups attached to an aromatic ring is 1. The Balaban J connectivity index is 0.00000131. The molecular weight excluding hydrogens is 401 g/mol. The van der Waals surface area contributed by atoms with Crippen LogP contribution in [0.5, 0.6) is 0 Å². The lowest BCUT2D eigenvalue weighted by atomic mass is 9.96. The predicted octanol–water partition coefficient (Wildman–Crippen LogP) is 5.05. The van der Waals surface area contributed by atoms with Crippen molar-refractivity contribution in [3.63, 3.8) is 0 Å². The van der Waals surface area contributed by atoms with Gasteiger partial charge in [0, 0.05) is 30.3 Å². The number of nitrogens with zero attached hydrogens (tertiary/aromatic N) is 2. The Bertz CT molecular complexity index is 903. The van der Waals surface area contributed by atoms with E-state index in [2.05, 4.69) is 18.2 Å². The molecule has 3 aromatic rings. The molecule has 27 heavy (non-hydrogen) atoms. The predicted molar refractivity (Wildman–Crippen MR) is 118 cm³/mol. The quantitative estimate of drug-likeness (QED) is 0.586. The van der Waals surface area contributed by atoms with Gasteiger partial charge in [-0.2, -0.15) is 0 Å². The van der Waals surface area contributed by atoms with Crippen LogP contribution in [0.25, 0.3) is 10.2 Å². The Kier molecular flexibility index (Phi) is 7.09. The van der Waals surface area contributed by atoms with E-state index in [1.165, 1.54) is 9.71 Å². The van der Waals surface area contributed by atoms with Crippen LogP contribution in [0.3, 0.4) is 0 Å². The molecule has 7 heteroatoms. The Labute approximate surface area is 175 Å². The number of hydrogen-bond donors (Lipinski definition) is 1. The van der Waals surface area contributed by atoms with Gasteiger partial charge in [-0.25, -0.2) is 4.98 Å². The summed E-state index contributed by atoms with van der Waals surface area (Å²) in [5.74, 6) is 0.538. The monoisotopic (exact) mass is 423 g/mol. The van der Waals surface area contributed by atoms with E-state index in [0.717, 1.165) is 42.6 Å². The lowest BCUT2D eigenvalue weighted by Crippen LogP contribution is -2.38. The topological polar surface area (TPSA) is 59.2 Å². The summed E-state index contributed by atoms with van der Waals surface area (Å²) in [6, 6.07) is 13.8. The number of para-hydroxylation sites is 1. The normalized spacial score (nSPS) is 14.5. The molecule has 0 spiro atoms. The molecule has 0 atom stereocenters. The van der Waals surface area contributed by atoms with Gasteiger partial charge in [0.25, 0.3) is 5.91 Å². The number of nitrogens with two attached hydrogens (primary N) is 1. The van der Waals surface area contributed by atoms with Gasteiger partial charge in [-0.05, 0) is 49.6 Å². The highest BCUT2D eigenvalue weighted by molar-refractivity contribution is 7.18. The number of thiazole rings is 1. The average molecular weight is 424 g/mol. The first kappa shape index (κ1) is 21.5. The third-order valence-corrected chi connectivity index (χ3v) is 6.13. The Morgan fingerprint density at radius 2 is 1.85 bits per heavy atom. The van der Waals surface area contributed by atoms with E-state index in [9.17, 15) is 4.79 Å². The molecule has 1 saturated heterocycles. The number of aromatic nitrogens is 1. The molecule has 4 rings (SSSR count). The van der Waals surface area contributed by atoms with Crippen molar-refractivity contribution in [3.05, 3.63) is 58.6 Å². The summed E-state index contributed by atoms with van der Waals surface area (Å²) in [6.07, 6.45) is 1.93. The maximum absolute atomic E-state index is 12.8. The van der Waals surface area contributed by atoms with Crippen LogP contribution in [0.4, 0.5) is 5.69 Å². The van der Waals surface area contributed by atoms with Gasteiger partial charge in [-0.15, -0.1) is 36.2 Å². The molecule has 1 aromatic heterocycles. The highest BCUT2D eigenvalue weighted by atomic mass is 35.5. The molecule has 1 fully saturated rings. The molecule has 144 valence electrons. The fraction of sp³-hybridized carbons (Fsp3) is 0.300. The minimum atomic E-state index is 0. The number of piperidine rings is 1. The van der Waals surface area contributed by atoms with Gasteiger partial charge in [0.1, 0.15) is 0 Å². The molecule has 1 aliphatic heterocycles. The summed E-state index contributed by atoms with van der Waals surface area (Å²) in [6.45, 7) is 3.50. The molecule has 0 radical (unpaired) electrons. The van der Waals surface area contributed by atoms with Crippen LogP contribution in [0, 0.1) is 6.92 Å². The number of hydrogen-bond acceptors (Lipinski definition) is 4. The highest BCUT2D eigenvalue weighted by Crippen LogP contribution is 2.34. The molecule has 1 amide bonds. The minimum absolute atomic E-state index is 0. The lowest BCUT2D eigenvalue weighted by molar-refractivity contribution is 0.0712. The number of amides is 1. The van der Waals surface area contributed by atoms with E-state index in [1.807, 2.05) is 30.0 Å². The van der Waals surface area contributed by atoms with Crippen molar-refractivity contribution in [2.45, 2.75) is 25.7 Å². The maximum Gasteiger partial charge on any atom is 0.254 e. The van der Waals surface area contributed by atoms with E-state index in [1.54, 1.807) is 17.4 Å². The van der Waals surface area contributed by atoms with Crippen LogP contribution in [0.2, 0.25) is 0 Å². The molecule has 0 bridgehead atoms. The van der Waals surface area contributed by atoms with Crippen LogP contribution in [0.15, 0.2) is 42.5 Å². The summed E-state index contributed by atoms with van der Waals surface area (Å²) >= 11 is 1.78. The summed E-state index contributed by atoms with van der Waals surface area (Å²) in [7, 11) is 0. The maximum atomic E-state index is 12.8. The number of rotatable bonds is 2. The van der Waals surface area contributed by atoms with Gasteiger partial charge >= 0.3 is 0 Å². The number of benzene rings is 2. The fourth-order valence-electron chi connectivity index (χ4n) is 3.43. The standard InChI is InChI=1S/C20H21N3OS.2ClH/c1-13-6-7-15(21)12-16(13)20(24)23-10-8-14(9-11-23)19-22-17-4-2-3-5-18(17)25-19;;/h2-7,12,14H,8-11,21H2,1H3;2*1H. The summed E-state index contributed by atoms with van der Waals surface area (Å²) in [5.41, 5.74) is 9.27. The third-order valence-electron chi connectivity index (χ3n) is 4.93. The van der Waals surface area contributed by atoms with E-state index >= 15 is 0 Å². The first-order chi connectivity index (χ1) is 12.1.